The van der Waals surface area contributed by atoms with Crippen LogP contribution in [-0.4, -0.2) is 54.3 Å². The van der Waals surface area contributed by atoms with E-state index in [0.29, 0.717) is 18.7 Å². The van der Waals surface area contributed by atoms with Gasteiger partial charge in [-0.2, -0.15) is 12.1 Å². The van der Waals surface area contributed by atoms with Gasteiger partial charge in [0.25, 0.3) is 0 Å². The predicted octanol–water partition coefficient (Wildman–Crippen LogP) is 25.9. The standard InChI is InChI=1S/C51H53FN2OSi.C43H46FNOSi.4ClH.2Zr/c1-33-24-26-43-40(30-33)45-47(53(43)6)36-19-11-13-21-38(36)49(45)56(7,29-17-9-8-16-28-55-51(3,4)5)50-39-22-14-12-20-37(39)48-46(50)41-31-34(2)25-27-44(41)54(48)32-35-18-10-15-23-42(35)52;1-30-22-24-38-36(28-30)40-41(45(38)29-32-17-9-13-21-37(32)44)34-19-11-12-20-35(34)42(40)47(5,27-15-7-6-14-26-46-43(2,3)4)39-25-23-31-16-8-10-18-33(31)39;;;;;;/h10-15,18-27,30-31H,8-9,16-17,28-29,32H2,1-7H3;8-13,16-25,28H,6-7,14-15,26-27,29H2,1-5H3;4*1H;;/q2*-2;;;;;2*+4/p-4. The number of aryl methyl sites for hydroxylation is 4. The van der Waals surface area contributed by atoms with Gasteiger partial charge < -0.3 is 23.2 Å². The van der Waals surface area contributed by atoms with E-state index in [1.807, 2.05) is 24.3 Å². The summed E-state index contributed by atoms with van der Waals surface area (Å²) in [5.74, 6) is -0.309. The van der Waals surface area contributed by atoms with Gasteiger partial charge in [0.1, 0.15) is 11.6 Å². The van der Waals surface area contributed by atoms with E-state index >= 15 is 8.78 Å². The second-order valence-electron chi connectivity index (χ2n) is 32.3. The summed E-state index contributed by atoms with van der Waals surface area (Å²) in [4.78, 5) is 0. The Morgan fingerprint density at radius 2 is 0.743 bits per heavy atom. The molecule has 0 spiro atoms. The summed E-state index contributed by atoms with van der Waals surface area (Å²) in [5, 5.41) is 25.0. The van der Waals surface area contributed by atoms with Crippen LogP contribution in [0.15, 0.2) is 212 Å². The molecule has 0 aliphatic carbocycles. The van der Waals surface area contributed by atoms with Gasteiger partial charge in [0.15, 0.2) is 0 Å². The SMILES string of the molecule is Cc1ccc2c(c1)c1c(c3ccccc3[c-]1[Si](C)(CCCCCCOC(C)(C)C)[c-]1c3ccccc3c3c1c1cc(C)ccc1n3Cc1ccccc1F)n2C.Cc1ccc2c(c1)c1c(c3ccccc3[c-]1[Si](C)(CCCCCCOC(C)(C)C)[c-]1ccc3ccccc31)n2Cc1ccccc1F.[Cl][Zr+2][Cl].[Cl][Zr+2][Cl]. The van der Waals surface area contributed by atoms with Gasteiger partial charge in [0.05, 0.1) is 11.2 Å². The van der Waals surface area contributed by atoms with Gasteiger partial charge in [0, 0.05) is 77.2 Å². The number of halogens is 6. The number of fused-ring (bicyclic) bond motifs is 16. The number of benzene rings is 9. The van der Waals surface area contributed by atoms with E-state index in [1.54, 1.807) is 34.6 Å². The maximum atomic E-state index is 15.5. The monoisotopic (exact) mass is 1720 g/mol. The molecule has 109 heavy (non-hydrogen) atoms. The summed E-state index contributed by atoms with van der Waals surface area (Å²) in [5.41, 5.74) is 12.5. The molecule has 0 bridgehead atoms. The van der Waals surface area contributed by atoms with Crippen LogP contribution >= 0.6 is 34.1 Å². The molecule has 0 radical (unpaired) electrons. The van der Waals surface area contributed by atoms with Crippen LogP contribution in [0, 0.1) is 32.4 Å². The van der Waals surface area contributed by atoms with Crippen LogP contribution in [0.1, 0.15) is 121 Å². The number of nitrogens with zero attached hydrogens (tertiary/aromatic N) is 3. The fraction of sp³-hybridized carbons (Fsp3) is 0.298. The summed E-state index contributed by atoms with van der Waals surface area (Å²) in [7, 11) is 17.0. The normalized spacial score (nSPS) is 13.2. The van der Waals surface area contributed by atoms with Crippen LogP contribution in [-0.2, 0) is 71.3 Å². The van der Waals surface area contributed by atoms with Crippen molar-refractivity contribution >= 4 is 179 Å². The summed E-state index contributed by atoms with van der Waals surface area (Å²) < 4.78 is 50.1. The Kier molecular flexibility index (Phi) is 25.8. The second-order valence-corrected chi connectivity index (χ2v) is 48.1. The molecule has 3 heterocycles. The van der Waals surface area contributed by atoms with Crippen molar-refractivity contribution in [1.29, 1.82) is 0 Å². The number of hydrogen-bond donors (Lipinski definition) is 0. The van der Waals surface area contributed by atoms with Crippen LogP contribution in [0.5, 0.6) is 0 Å². The molecule has 15 heteroatoms. The van der Waals surface area contributed by atoms with Crippen LogP contribution < -0.4 is 20.7 Å². The summed E-state index contributed by atoms with van der Waals surface area (Å²) in [6.07, 6.45) is 9.22. The number of ether oxygens (including phenoxy) is 2. The minimum atomic E-state index is -2.63. The second kappa shape index (κ2) is 34.7. The molecule has 5 nitrogen and oxygen atoms in total. The summed E-state index contributed by atoms with van der Waals surface area (Å²) >= 11 is -1.65. The molecule has 16 aromatic rings. The molecule has 0 aliphatic rings. The minimum absolute atomic E-state index is 0.0850. The third-order valence-electron chi connectivity index (χ3n) is 22.6. The Labute approximate surface area is 681 Å². The molecule has 0 aliphatic heterocycles. The van der Waals surface area contributed by atoms with Crippen molar-refractivity contribution in [1.82, 2.24) is 13.7 Å². The first-order valence-corrected chi connectivity index (χ1v) is 56.6. The van der Waals surface area contributed by atoms with Crippen molar-refractivity contribution < 1.29 is 60.0 Å². The quantitative estimate of drug-likeness (QED) is 0.0385. The first kappa shape index (κ1) is 81.0. The number of hydrogen-bond acceptors (Lipinski definition) is 2. The van der Waals surface area contributed by atoms with E-state index in [-0.39, 0.29) is 22.8 Å². The van der Waals surface area contributed by atoms with Gasteiger partial charge >= 0.3 is 75.7 Å². The molecule has 16 rings (SSSR count). The molecule has 0 saturated carbocycles. The van der Waals surface area contributed by atoms with Crippen LogP contribution in [0.25, 0.3) is 109 Å². The fourth-order valence-corrected chi connectivity index (χ4v) is 27.5. The Morgan fingerprint density at radius 3 is 1.18 bits per heavy atom. The number of unbranched alkanes of at least 4 members (excludes halogenated alkanes) is 6. The fourth-order valence-electron chi connectivity index (χ4n) is 17.9. The van der Waals surface area contributed by atoms with Crippen molar-refractivity contribution in [3.05, 3.63) is 252 Å². The third-order valence-corrected chi connectivity index (χ3v) is 31.8. The molecule has 560 valence electrons. The van der Waals surface area contributed by atoms with Gasteiger partial charge in [0.2, 0.25) is 0 Å². The molecule has 2 atom stereocenters. The summed E-state index contributed by atoms with van der Waals surface area (Å²) in [6, 6.07) is 78.5. The number of rotatable bonds is 22. The zero-order chi connectivity index (χ0) is 77.1. The molecule has 2 unspecified atom stereocenters. The van der Waals surface area contributed by atoms with E-state index in [2.05, 4.69) is 260 Å². The average molecular weight is 1720 g/mol. The van der Waals surface area contributed by atoms with Gasteiger partial charge in [-0.05, 0) is 122 Å². The molecule has 0 saturated heterocycles. The van der Waals surface area contributed by atoms with E-state index in [4.69, 9.17) is 43.5 Å². The first-order valence-electron chi connectivity index (χ1n) is 38.5. The van der Waals surface area contributed by atoms with Crippen molar-refractivity contribution in [3.63, 3.8) is 0 Å². The van der Waals surface area contributed by atoms with Crippen LogP contribution in [0.4, 0.5) is 8.78 Å². The van der Waals surface area contributed by atoms with E-state index in [1.165, 1.54) is 167 Å². The zero-order valence-electron chi connectivity index (χ0n) is 65.0. The molecular weight excluding hydrogens is 1620 g/mol. The van der Waals surface area contributed by atoms with E-state index < -0.39 is 57.8 Å². The van der Waals surface area contributed by atoms with Crippen LogP contribution in [0.2, 0.25) is 25.2 Å². The molecule has 13 aromatic carbocycles. The number of aromatic nitrogens is 3. The van der Waals surface area contributed by atoms with E-state index in [0.717, 1.165) is 50.5 Å². The average Bonchev–Trinajstić information content (AvgIpc) is 1.53. The van der Waals surface area contributed by atoms with E-state index in [9.17, 15) is 0 Å². The predicted molar refractivity (Wildman–Crippen MR) is 467 cm³/mol. The van der Waals surface area contributed by atoms with Gasteiger partial charge in [-0.1, -0.05) is 262 Å². The zero-order valence-corrected chi connectivity index (χ0v) is 75.0. The topological polar surface area (TPSA) is 33.2 Å². The molecule has 3 aromatic heterocycles. The van der Waals surface area contributed by atoms with Crippen molar-refractivity contribution in [3.8, 4) is 0 Å². The Bertz CT molecular complexity index is 5900. The van der Waals surface area contributed by atoms with Gasteiger partial charge in [-0.25, -0.2) is 8.78 Å². The van der Waals surface area contributed by atoms with Gasteiger partial charge in [-0.15, -0.1) is 84.1 Å². The Morgan fingerprint density at radius 1 is 0.394 bits per heavy atom. The third kappa shape index (κ3) is 16.6. The van der Waals surface area contributed by atoms with Crippen molar-refractivity contribution in [2.75, 3.05) is 13.2 Å². The molecular formula is C94H99Cl4F2N3O2Si2Zr2. The summed E-state index contributed by atoms with van der Waals surface area (Å²) in [6.45, 7) is 27.3. The molecule has 0 N–H and O–H groups in total. The van der Waals surface area contributed by atoms with Crippen molar-refractivity contribution in [2.24, 2.45) is 7.05 Å². The van der Waals surface area contributed by atoms with Crippen molar-refractivity contribution in [2.45, 2.75) is 163 Å². The maximum absolute atomic E-state index is 15.5. The van der Waals surface area contributed by atoms with Crippen LogP contribution in [0.3, 0.4) is 0 Å². The molecule has 0 fully saturated rings. The Balaban J connectivity index is 0.000000182. The molecule has 0 amide bonds. The van der Waals surface area contributed by atoms with Gasteiger partial charge in [-0.3, -0.25) is 0 Å². The first-order chi connectivity index (χ1) is 52.4. The Hall–Kier alpha value is -6.04.